The molecule has 112 valence electrons. The minimum Gasteiger partial charge on any atom is -0.382 e. The van der Waals surface area contributed by atoms with Crippen LogP contribution in [0.5, 0.6) is 0 Å². The van der Waals surface area contributed by atoms with Gasteiger partial charge in [-0.2, -0.15) is 0 Å². The Kier molecular flexibility index (Phi) is 6.12. The van der Waals surface area contributed by atoms with Gasteiger partial charge in [0.05, 0.1) is 11.9 Å². The van der Waals surface area contributed by atoms with E-state index in [1.165, 1.54) is 0 Å². The highest BCUT2D eigenvalue weighted by Gasteiger charge is 2.07. The number of nitrogens with one attached hydrogen (secondary N) is 1. The minimum atomic E-state index is -3.54. The average molecular weight is 300 g/mol. The van der Waals surface area contributed by atoms with E-state index in [0.717, 1.165) is 0 Å². The maximum absolute atomic E-state index is 11.7. The number of sulfonamides is 1. The number of methoxy groups -OCH3 is 1. The van der Waals surface area contributed by atoms with Gasteiger partial charge in [0.1, 0.15) is 0 Å². The fraction of sp³-hybridized carbons (Fsp3) is 0.462. The van der Waals surface area contributed by atoms with Gasteiger partial charge >= 0.3 is 0 Å². The van der Waals surface area contributed by atoms with Crippen molar-refractivity contribution in [1.82, 2.24) is 0 Å². The van der Waals surface area contributed by atoms with Crippen molar-refractivity contribution in [1.29, 1.82) is 0 Å². The number of benzene rings is 1. The lowest BCUT2D eigenvalue weighted by atomic mass is 10.2. The van der Waals surface area contributed by atoms with Crippen molar-refractivity contribution in [3.63, 3.8) is 0 Å². The van der Waals surface area contributed by atoms with E-state index in [9.17, 15) is 13.2 Å². The first-order valence-electron chi connectivity index (χ1n) is 6.22. The predicted octanol–water partition coefficient (Wildman–Crippen LogP) is 1.23. The van der Waals surface area contributed by atoms with E-state index in [1.807, 2.05) is 6.92 Å². The Bertz CT molecular complexity index is 540. The molecule has 0 aliphatic heterocycles. The molecule has 1 amide bonds. The molecule has 0 radical (unpaired) electrons. The van der Waals surface area contributed by atoms with Crippen LogP contribution in [0.2, 0.25) is 0 Å². The number of carbonyl (C=O) groups is 1. The van der Waals surface area contributed by atoms with Gasteiger partial charge in [0, 0.05) is 19.2 Å². The highest BCUT2D eigenvalue weighted by atomic mass is 32.2. The molecule has 0 spiro atoms. The van der Waals surface area contributed by atoms with Gasteiger partial charge in [-0.3, -0.25) is 4.79 Å². The Morgan fingerprint density at radius 2 is 1.95 bits per heavy atom. The molecule has 0 aromatic heterocycles. The smallest absolute Gasteiger partial charge is 0.224 e. The van der Waals surface area contributed by atoms with Crippen LogP contribution in [0.15, 0.2) is 24.3 Å². The molecule has 0 aliphatic rings. The second-order valence-electron chi connectivity index (χ2n) is 4.64. The van der Waals surface area contributed by atoms with Gasteiger partial charge in [-0.25, -0.2) is 13.6 Å². The Morgan fingerprint density at radius 1 is 1.35 bits per heavy atom. The molecule has 3 N–H and O–H groups in total. The fourth-order valence-electron chi connectivity index (χ4n) is 1.59. The number of primary sulfonamides is 1. The van der Waals surface area contributed by atoms with E-state index in [2.05, 4.69) is 5.32 Å². The van der Waals surface area contributed by atoms with Gasteiger partial charge in [0.25, 0.3) is 0 Å². The quantitative estimate of drug-likeness (QED) is 0.791. The fourth-order valence-corrected chi connectivity index (χ4v) is 2.25. The molecular weight excluding hydrogens is 280 g/mol. The van der Waals surface area contributed by atoms with Crippen LogP contribution in [-0.4, -0.2) is 27.5 Å². The lowest BCUT2D eigenvalue weighted by molar-refractivity contribution is -0.116. The molecule has 0 saturated carbocycles. The van der Waals surface area contributed by atoms with Gasteiger partial charge in [-0.05, 0) is 31.0 Å². The van der Waals surface area contributed by atoms with Crippen LogP contribution in [0.1, 0.15) is 25.3 Å². The minimum absolute atomic E-state index is 0.0397. The summed E-state index contributed by atoms with van der Waals surface area (Å²) < 4.78 is 26.9. The molecule has 0 fully saturated rings. The third-order valence-electron chi connectivity index (χ3n) is 2.79. The van der Waals surface area contributed by atoms with Crippen molar-refractivity contribution in [2.45, 2.75) is 31.6 Å². The molecular formula is C13H20N2O4S. The Labute approximate surface area is 119 Å². The molecule has 1 rings (SSSR count). The van der Waals surface area contributed by atoms with E-state index in [-0.39, 0.29) is 17.8 Å². The number of amides is 1. The summed E-state index contributed by atoms with van der Waals surface area (Å²) in [7, 11) is -1.93. The molecule has 20 heavy (non-hydrogen) atoms. The van der Waals surface area contributed by atoms with Crippen molar-refractivity contribution < 1.29 is 17.9 Å². The summed E-state index contributed by atoms with van der Waals surface area (Å²) in [4.78, 5) is 11.7. The number of hydrogen-bond acceptors (Lipinski definition) is 4. The molecule has 0 aliphatic carbocycles. The molecule has 0 heterocycles. The Morgan fingerprint density at radius 3 is 2.45 bits per heavy atom. The van der Waals surface area contributed by atoms with Gasteiger partial charge in [0.2, 0.25) is 15.9 Å². The molecule has 7 heteroatoms. The lowest BCUT2D eigenvalue weighted by Gasteiger charge is -2.09. The number of ether oxygens (including phenoxy) is 1. The van der Waals surface area contributed by atoms with E-state index >= 15 is 0 Å². The highest BCUT2D eigenvalue weighted by Crippen LogP contribution is 2.12. The van der Waals surface area contributed by atoms with Gasteiger partial charge in [-0.1, -0.05) is 12.1 Å². The molecule has 6 nitrogen and oxygen atoms in total. The number of anilines is 1. The number of carbonyl (C=O) groups excluding carboxylic acids is 1. The summed E-state index contributed by atoms with van der Waals surface area (Å²) >= 11 is 0. The SMILES string of the molecule is COC(C)CCC(=O)Nc1ccc(CS(N)(=O)=O)cc1. The maximum atomic E-state index is 11.7. The summed E-state index contributed by atoms with van der Waals surface area (Å²) in [6.07, 6.45) is 1.05. The third-order valence-corrected chi connectivity index (χ3v) is 3.52. The first kappa shape index (κ1) is 16.6. The Hall–Kier alpha value is -1.44. The predicted molar refractivity (Wildman–Crippen MR) is 77.6 cm³/mol. The van der Waals surface area contributed by atoms with Crippen molar-refractivity contribution in [3.8, 4) is 0 Å². The van der Waals surface area contributed by atoms with Crippen molar-refractivity contribution in [2.75, 3.05) is 12.4 Å². The molecule has 0 bridgehead atoms. The van der Waals surface area contributed by atoms with E-state index in [0.29, 0.717) is 24.1 Å². The topological polar surface area (TPSA) is 98.5 Å². The molecule has 1 aromatic rings. The highest BCUT2D eigenvalue weighted by molar-refractivity contribution is 7.88. The zero-order valence-corrected chi connectivity index (χ0v) is 12.4. The normalized spacial score (nSPS) is 12.9. The van der Waals surface area contributed by atoms with E-state index in [1.54, 1.807) is 31.4 Å². The summed E-state index contributed by atoms with van der Waals surface area (Å²) in [5.41, 5.74) is 1.21. The first-order chi connectivity index (χ1) is 9.30. The summed E-state index contributed by atoms with van der Waals surface area (Å²) in [6.45, 7) is 1.90. The van der Waals surface area contributed by atoms with Crippen LogP contribution in [0, 0.1) is 0 Å². The van der Waals surface area contributed by atoms with Crippen LogP contribution in [0.3, 0.4) is 0 Å². The van der Waals surface area contributed by atoms with Crippen LogP contribution >= 0.6 is 0 Å². The lowest BCUT2D eigenvalue weighted by Crippen LogP contribution is -2.16. The number of rotatable bonds is 7. The van der Waals surface area contributed by atoms with Crippen LogP contribution < -0.4 is 10.5 Å². The van der Waals surface area contributed by atoms with Crippen LogP contribution in [-0.2, 0) is 25.3 Å². The molecule has 1 aromatic carbocycles. The van der Waals surface area contributed by atoms with E-state index < -0.39 is 10.0 Å². The zero-order valence-electron chi connectivity index (χ0n) is 11.6. The summed E-state index contributed by atoms with van der Waals surface area (Å²) in [6, 6.07) is 6.55. The standard InChI is InChI=1S/C13H20N2O4S/c1-10(19-2)3-8-13(16)15-12-6-4-11(5-7-12)9-20(14,17)18/h4-7,10H,3,8-9H2,1-2H3,(H,15,16)(H2,14,17,18). The monoisotopic (exact) mass is 300 g/mol. The summed E-state index contributed by atoms with van der Waals surface area (Å²) in [5.74, 6) is -0.319. The average Bonchev–Trinajstić information content (AvgIpc) is 2.36. The zero-order chi connectivity index (χ0) is 15.2. The van der Waals surface area contributed by atoms with Crippen molar-refractivity contribution in [2.24, 2.45) is 5.14 Å². The summed E-state index contributed by atoms with van der Waals surface area (Å²) in [5, 5.41) is 7.69. The van der Waals surface area contributed by atoms with Crippen molar-refractivity contribution in [3.05, 3.63) is 29.8 Å². The van der Waals surface area contributed by atoms with Crippen LogP contribution in [0.4, 0.5) is 5.69 Å². The van der Waals surface area contributed by atoms with E-state index in [4.69, 9.17) is 9.88 Å². The second-order valence-corrected chi connectivity index (χ2v) is 6.25. The Balaban J connectivity index is 2.51. The number of nitrogens with two attached hydrogens (primary N) is 1. The molecule has 1 atom stereocenters. The largest absolute Gasteiger partial charge is 0.382 e. The molecule has 1 unspecified atom stereocenters. The second kappa shape index (κ2) is 7.37. The van der Waals surface area contributed by atoms with Gasteiger partial charge < -0.3 is 10.1 Å². The number of hydrogen-bond donors (Lipinski definition) is 2. The van der Waals surface area contributed by atoms with Gasteiger partial charge in [0.15, 0.2) is 0 Å². The third kappa shape index (κ3) is 6.65. The van der Waals surface area contributed by atoms with Crippen LogP contribution in [0.25, 0.3) is 0 Å². The maximum Gasteiger partial charge on any atom is 0.224 e. The van der Waals surface area contributed by atoms with Gasteiger partial charge in [-0.15, -0.1) is 0 Å². The van der Waals surface area contributed by atoms with Crippen molar-refractivity contribution >= 4 is 21.6 Å². The molecule has 0 saturated heterocycles. The first-order valence-corrected chi connectivity index (χ1v) is 7.94.